The summed E-state index contributed by atoms with van der Waals surface area (Å²) in [6.07, 6.45) is -2.75. The Kier molecular flexibility index (Phi) is 6.77. The first kappa shape index (κ1) is 22.9. The number of allylic oxidation sites excluding steroid dienone is 1. The molecule has 3 heterocycles. The monoisotopic (exact) mass is 434 g/mol. The number of carbonyl (C=O) groups is 1. The first-order chi connectivity index (χ1) is 14.7. The summed E-state index contributed by atoms with van der Waals surface area (Å²) >= 11 is 0. The van der Waals surface area contributed by atoms with Crippen LogP contribution in [-0.4, -0.2) is 38.6 Å². The van der Waals surface area contributed by atoms with Crippen LogP contribution in [0.2, 0.25) is 0 Å². The number of nitrogens with zero attached hydrogens (tertiary/aromatic N) is 4. The van der Waals surface area contributed by atoms with Gasteiger partial charge in [-0.1, -0.05) is 32.6 Å². The van der Waals surface area contributed by atoms with Crippen LogP contribution in [0.5, 0.6) is 0 Å². The highest BCUT2D eigenvalue weighted by atomic mass is 19.4. The van der Waals surface area contributed by atoms with Gasteiger partial charge in [0.25, 0.3) is 0 Å². The molecule has 2 aromatic rings. The van der Waals surface area contributed by atoms with E-state index in [0.717, 1.165) is 24.2 Å². The first-order valence-electron chi connectivity index (χ1n) is 10.7. The Morgan fingerprint density at radius 2 is 1.81 bits per heavy atom. The molecule has 1 saturated heterocycles. The average molecular weight is 435 g/mol. The number of hydrogen-bond donors (Lipinski definition) is 0. The molecular weight excluding hydrogens is 405 g/mol. The van der Waals surface area contributed by atoms with Crippen LogP contribution >= 0.6 is 0 Å². The number of aromatic nitrogens is 2. The number of amides is 1. The molecule has 1 aromatic heterocycles. The minimum absolute atomic E-state index is 0.143. The van der Waals surface area contributed by atoms with Crippen LogP contribution in [0.4, 0.5) is 13.2 Å². The number of halogens is 3. The van der Waals surface area contributed by atoms with Gasteiger partial charge in [0.05, 0.1) is 17.9 Å². The van der Waals surface area contributed by atoms with Crippen molar-refractivity contribution in [1.82, 2.24) is 19.6 Å². The molecule has 4 rings (SSSR count). The van der Waals surface area contributed by atoms with Gasteiger partial charge in [0.15, 0.2) is 5.69 Å². The van der Waals surface area contributed by atoms with E-state index in [9.17, 15) is 18.0 Å². The second-order valence-electron chi connectivity index (χ2n) is 7.68. The second-order valence-corrected chi connectivity index (χ2v) is 7.68. The Bertz CT molecular complexity index is 947. The van der Waals surface area contributed by atoms with Crippen LogP contribution < -0.4 is 0 Å². The van der Waals surface area contributed by atoms with Crippen molar-refractivity contribution in [1.29, 1.82) is 0 Å². The number of likely N-dealkylation sites (tertiary alicyclic amines) is 1. The van der Waals surface area contributed by atoms with Crippen molar-refractivity contribution >= 4 is 5.91 Å². The van der Waals surface area contributed by atoms with E-state index in [2.05, 4.69) is 11.7 Å². The minimum Gasteiger partial charge on any atom is -0.369 e. The van der Waals surface area contributed by atoms with Crippen LogP contribution in [0.25, 0.3) is 5.69 Å². The topological polar surface area (TPSA) is 41.4 Å². The van der Waals surface area contributed by atoms with Crippen LogP contribution in [0, 0.1) is 0 Å². The summed E-state index contributed by atoms with van der Waals surface area (Å²) < 4.78 is 42.0. The lowest BCUT2D eigenvalue weighted by Gasteiger charge is -2.30. The van der Waals surface area contributed by atoms with Gasteiger partial charge in [-0.15, -0.1) is 0 Å². The molecule has 0 aliphatic carbocycles. The van der Waals surface area contributed by atoms with Gasteiger partial charge >= 0.3 is 6.18 Å². The van der Waals surface area contributed by atoms with Crippen molar-refractivity contribution in [2.75, 3.05) is 13.1 Å². The number of alkyl halides is 3. The Morgan fingerprint density at radius 1 is 1.13 bits per heavy atom. The fourth-order valence-electron chi connectivity index (χ4n) is 4.02. The summed E-state index contributed by atoms with van der Waals surface area (Å²) in [4.78, 5) is 15.6. The summed E-state index contributed by atoms with van der Waals surface area (Å²) in [6, 6.07) is 7.23. The van der Waals surface area contributed by atoms with Gasteiger partial charge in [0.2, 0.25) is 5.91 Å². The molecule has 0 spiro atoms. The number of benzene rings is 1. The summed E-state index contributed by atoms with van der Waals surface area (Å²) in [5, 5.41) is 3.94. The molecule has 0 bridgehead atoms. The lowest BCUT2D eigenvalue weighted by Crippen LogP contribution is -2.30. The van der Waals surface area contributed by atoms with Crippen molar-refractivity contribution in [3.63, 3.8) is 0 Å². The molecule has 168 valence electrons. The van der Waals surface area contributed by atoms with Crippen molar-refractivity contribution in [2.24, 2.45) is 0 Å². The minimum atomic E-state index is -4.49. The van der Waals surface area contributed by atoms with Crippen molar-refractivity contribution in [3.8, 4) is 5.69 Å². The van der Waals surface area contributed by atoms with E-state index in [4.69, 9.17) is 0 Å². The predicted molar refractivity (Wildman–Crippen MR) is 113 cm³/mol. The second kappa shape index (κ2) is 9.16. The zero-order valence-electron chi connectivity index (χ0n) is 18.3. The van der Waals surface area contributed by atoms with E-state index in [0.29, 0.717) is 37.4 Å². The third-order valence-electron chi connectivity index (χ3n) is 5.60. The van der Waals surface area contributed by atoms with E-state index in [1.807, 2.05) is 37.8 Å². The molecular formula is C23H29F3N4O. The average Bonchev–Trinajstić information content (AvgIpc) is 3.33. The molecule has 2 aliphatic rings. The van der Waals surface area contributed by atoms with Gasteiger partial charge in [-0.25, -0.2) is 4.68 Å². The summed E-state index contributed by atoms with van der Waals surface area (Å²) in [6.45, 7) is 11.9. The van der Waals surface area contributed by atoms with Gasteiger partial charge in [-0.2, -0.15) is 18.3 Å². The van der Waals surface area contributed by atoms with E-state index >= 15 is 0 Å². The molecule has 8 heteroatoms. The van der Waals surface area contributed by atoms with Gasteiger partial charge in [-0.05, 0) is 37.5 Å². The van der Waals surface area contributed by atoms with Crippen molar-refractivity contribution in [2.45, 2.75) is 59.3 Å². The molecule has 0 N–H and O–H groups in total. The molecule has 0 unspecified atom stereocenters. The maximum absolute atomic E-state index is 13.5. The largest absolute Gasteiger partial charge is 0.435 e. The Hall–Kier alpha value is -2.77. The van der Waals surface area contributed by atoms with E-state index in [1.54, 1.807) is 17.0 Å². The van der Waals surface area contributed by atoms with Gasteiger partial charge < -0.3 is 9.80 Å². The van der Waals surface area contributed by atoms with Crippen molar-refractivity contribution < 1.29 is 18.0 Å². The van der Waals surface area contributed by atoms with Gasteiger partial charge in [0.1, 0.15) is 0 Å². The third-order valence-corrected chi connectivity index (χ3v) is 5.60. The number of hydrogen-bond acceptors (Lipinski definition) is 3. The van der Waals surface area contributed by atoms with Crippen LogP contribution in [0.3, 0.4) is 0 Å². The van der Waals surface area contributed by atoms with Crippen LogP contribution in [0.15, 0.2) is 36.5 Å². The zero-order chi connectivity index (χ0) is 22.8. The molecule has 1 fully saturated rings. The van der Waals surface area contributed by atoms with Crippen LogP contribution in [-0.2, 0) is 30.5 Å². The maximum Gasteiger partial charge on any atom is 0.435 e. The molecule has 2 aliphatic heterocycles. The lowest BCUT2D eigenvalue weighted by molar-refractivity contribution is -0.142. The number of rotatable bonds is 4. The molecule has 1 amide bonds. The Morgan fingerprint density at radius 3 is 2.35 bits per heavy atom. The highest BCUT2D eigenvalue weighted by Crippen LogP contribution is 2.36. The summed E-state index contributed by atoms with van der Waals surface area (Å²) in [5.41, 5.74) is 2.36. The van der Waals surface area contributed by atoms with E-state index < -0.39 is 11.9 Å². The highest BCUT2D eigenvalue weighted by molar-refractivity contribution is 5.78. The summed E-state index contributed by atoms with van der Waals surface area (Å²) in [5.74, 6) is 0.143. The Labute approximate surface area is 181 Å². The quantitative estimate of drug-likeness (QED) is 0.685. The predicted octanol–water partition coefficient (Wildman–Crippen LogP) is 4.93. The van der Waals surface area contributed by atoms with Gasteiger partial charge in [0, 0.05) is 37.3 Å². The molecule has 0 atom stereocenters. The SMILES string of the molecule is C=C(C)N1CCc2c(C(F)(F)F)nn(-c3ccc(CN4CCCC4=O)cc3)c2C1.CC. The normalized spacial score (nSPS) is 16.1. The fourth-order valence-corrected chi connectivity index (χ4v) is 4.02. The maximum atomic E-state index is 13.5. The van der Waals surface area contributed by atoms with Crippen molar-refractivity contribution in [3.05, 3.63) is 59.1 Å². The molecule has 1 aromatic carbocycles. The highest BCUT2D eigenvalue weighted by Gasteiger charge is 2.40. The van der Waals surface area contributed by atoms with Gasteiger partial charge in [-0.3, -0.25) is 4.79 Å². The third kappa shape index (κ3) is 4.78. The smallest absolute Gasteiger partial charge is 0.369 e. The fraction of sp³-hybridized carbons (Fsp3) is 0.478. The lowest BCUT2D eigenvalue weighted by atomic mass is 10.0. The summed E-state index contributed by atoms with van der Waals surface area (Å²) in [7, 11) is 0. The number of fused-ring (bicyclic) bond motifs is 1. The molecule has 31 heavy (non-hydrogen) atoms. The standard InChI is InChI=1S/C21H23F3N4O.C2H6/c1-14(2)26-11-9-17-18(13-26)28(25-20(17)21(22,23)24)16-7-5-15(6-8-16)12-27-10-3-4-19(27)29;1-2/h5-8H,1,3-4,9-13H2,2H3;1-2H3. The molecule has 0 radical (unpaired) electrons. The molecule has 0 saturated carbocycles. The zero-order valence-corrected chi connectivity index (χ0v) is 18.3. The first-order valence-corrected chi connectivity index (χ1v) is 10.7. The van der Waals surface area contributed by atoms with Crippen LogP contribution in [0.1, 0.15) is 56.1 Å². The Balaban J connectivity index is 0.00000132. The number of carbonyl (C=O) groups excluding carboxylic acids is 1. The molecule has 5 nitrogen and oxygen atoms in total. The van der Waals surface area contributed by atoms with E-state index in [1.165, 1.54) is 4.68 Å². The van der Waals surface area contributed by atoms with E-state index in [-0.39, 0.29) is 17.9 Å².